The molecule has 21 heavy (non-hydrogen) atoms. The molecule has 0 aliphatic carbocycles. The summed E-state index contributed by atoms with van der Waals surface area (Å²) in [6.45, 7) is 0. The Balaban J connectivity index is 1.77. The van der Waals surface area contributed by atoms with Crippen LogP contribution in [0.2, 0.25) is 0 Å². The lowest BCUT2D eigenvalue weighted by Crippen LogP contribution is -2.41. The van der Waals surface area contributed by atoms with Crippen LogP contribution < -0.4 is 10.9 Å². The van der Waals surface area contributed by atoms with E-state index in [1.54, 1.807) is 18.2 Å². The predicted molar refractivity (Wildman–Crippen MR) is 89.5 cm³/mol. The number of halogens is 1. The van der Waals surface area contributed by atoms with Gasteiger partial charge in [0.2, 0.25) is 5.91 Å². The topological polar surface area (TPSA) is 58.2 Å². The maximum atomic E-state index is 11.8. The van der Waals surface area contributed by atoms with Gasteiger partial charge in [-0.15, -0.1) is 0 Å². The van der Waals surface area contributed by atoms with Gasteiger partial charge in [-0.1, -0.05) is 36.4 Å². The number of nitrogens with one attached hydrogen (secondary N) is 2. The summed E-state index contributed by atoms with van der Waals surface area (Å²) in [7, 11) is 0. The zero-order valence-electron chi connectivity index (χ0n) is 11.3. The molecule has 0 saturated heterocycles. The fourth-order valence-corrected chi connectivity index (χ4v) is 2.34. The largest absolute Gasteiger partial charge is 0.273 e. The van der Waals surface area contributed by atoms with Gasteiger partial charge in [-0.25, -0.2) is 0 Å². The smallest absolute Gasteiger partial charge is 0.269 e. The maximum absolute atomic E-state index is 11.8. The molecule has 0 bridgehead atoms. The molecule has 2 aromatic carbocycles. The molecule has 108 valence electrons. The van der Waals surface area contributed by atoms with E-state index in [0.717, 1.165) is 9.13 Å². The molecule has 4 nitrogen and oxygen atoms in total. The van der Waals surface area contributed by atoms with E-state index in [9.17, 15) is 9.59 Å². The number of amides is 2. The minimum Gasteiger partial charge on any atom is -0.273 e. The van der Waals surface area contributed by atoms with Crippen molar-refractivity contribution in [2.24, 2.45) is 0 Å². The highest BCUT2D eigenvalue weighted by atomic mass is 127. The molecular weight excluding hydrogens is 379 g/mol. The molecule has 0 aliphatic heterocycles. The van der Waals surface area contributed by atoms with Gasteiger partial charge in [0.25, 0.3) is 5.91 Å². The molecule has 2 aromatic rings. The zero-order chi connectivity index (χ0) is 15.1. The molecule has 0 saturated carbocycles. The SMILES string of the molecule is O=C(CCc1ccccc1)NNC(=O)c1cccc(I)c1. The number of hydrogen-bond donors (Lipinski definition) is 2. The molecule has 0 aromatic heterocycles. The van der Waals surface area contributed by atoms with Crippen LogP contribution in [-0.2, 0) is 11.2 Å². The molecule has 0 fully saturated rings. The van der Waals surface area contributed by atoms with Crippen LogP contribution in [-0.4, -0.2) is 11.8 Å². The lowest BCUT2D eigenvalue weighted by molar-refractivity contribution is -0.121. The third-order valence-corrected chi connectivity index (χ3v) is 3.56. The van der Waals surface area contributed by atoms with Crippen LogP contribution in [0.5, 0.6) is 0 Å². The molecule has 2 rings (SSSR count). The number of rotatable bonds is 4. The minimum atomic E-state index is -0.318. The van der Waals surface area contributed by atoms with Gasteiger partial charge in [-0.2, -0.15) is 0 Å². The molecule has 0 atom stereocenters. The van der Waals surface area contributed by atoms with Crippen molar-refractivity contribution in [1.29, 1.82) is 0 Å². The van der Waals surface area contributed by atoms with E-state index >= 15 is 0 Å². The van der Waals surface area contributed by atoms with Crippen molar-refractivity contribution in [1.82, 2.24) is 10.9 Å². The van der Waals surface area contributed by atoms with E-state index < -0.39 is 0 Å². The van der Waals surface area contributed by atoms with Gasteiger partial charge in [0.05, 0.1) is 0 Å². The number of benzene rings is 2. The molecule has 2 N–H and O–H groups in total. The highest BCUT2D eigenvalue weighted by molar-refractivity contribution is 14.1. The van der Waals surface area contributed by atoms with Crippen molar-refractivity contribution in [3.05, 3.63) is 69.3 Å². The summed E-state index contributed by atoms with van der Waals surface area (Å²) in [5, 5.41) is 0. The molecule has 0 heterocycles. The summed E-state index contributed by atoms with van der Waals surface area (Å²) < 4.78 is 0.968. The van der Waals surface area contributed by atoms with Crippen molar-refractivity contribution < 1.29 is 9.59 Å². The van der Waals surface area contributed by atoms with Gasteiger partial charge >= 0.3 is 0 Å². The first-order valence-corrected chi connectivity index (χ1v) is 7.62. The summed E-state index contributed by atoms with van der Waals surface area (Å²) in [5.41, 5.74) is 6.46. The van der Waals surface area contributed by atoms with Crippen LogP contribution in [0, 0.1) is 3.57 Å². The van der Waals surface area contributed by atoms with Crippen LogP contribution in [0.4, 0.5) is 0 Å². The molecular formula is C16H15IN2O2. The fraction of sp³-hybridized carbons (Fsp3) is 0.125. The minimum absolute atomic E-state index is 0.210. The highest BCUT2D eigenvalue weighted by Gasteiger charge is 2.07. The van der Waals surface area contributed by atoms with Crippen LogP contribution >= 0.6 is 22.6 Å². The van der Waals surface area contributed by atoms with Crippen molar-refractivity contribution >= 4 is 34.4 Å². The first kappa shape index (κ1) is 15.5. The fourth-order valence-electron chi connectivity index (χ4n) is 1.79. The van der Waals surface area contributed by atoms with Crippen LogP contribution in [0.3, 0.4) is 0 Å². The van der Waals surface area contributed by atoms with Gasteiger partial charge in [0.1, 0.15) is 0 Å². The van der Waals surface area contributed by atoms with E-state index in [2.05, 4.69) is 33.4 Å². The number of carbonyl (C=O) groups is 2. The Labute approximate surface area is 137 Å². The maximum Gasteiger partial charge on any atom is 0.269 e. The highest BCUT2D eigenvalue weighted by Crippen LogP contribution is 2.07. The van der Waals surface area contributed by atoms with E-state index in [-0.39, 0.29) is 11.8 Å². The Kier molecular flexibility index (Phi) is 5.74. The normalized spacial score (nSPS) is 9.95. The summed E-state index contributed by atoms with van der Waals surface area (Å²) in [4.78, 5) is 23.5. The van der Waals surface area contributed by atoms with Gasteiger partial charge in [-0.3, -0.25) is 20.4 Å². The standard InChI is InChI=1S/C16H15IN2O2/c17-14-8-4-7-13(11-14)16(21)19-18-15(20)10-9-12-5-2-1-3-6-12/h1-8,11H,9-10H2,(H,18,20)(H,19,21). The van der Waals surface area contributed by atoms with E-state index in [1.807, 2.05) is 36.4 Å². The Hall–Kier alpha value is -1.89. The lowest BCUT2D eigenvalue weighted by Gasteiger charge is -2.07. The Morgan fingerprint density at radius 2 is 1.71 bits per heavy atom. The van der Waals surface area contributed by atoms with Crippen molar-refractivity contribution in [2.45, 2.75) is 12.8 Å². The second kappa shape index (κ2) is 7.78. The Morgan fingerprint density at radius 1 is 0.952 bits per heavy atom. The Morgan fingerprint density at radius 3 is 2.43 bits per heavy atom. The van der Waals surface area contributed by atoms with Crippen molar-refractivity contribution in [2.75, 3.05) is 0 Å². The zero-order valence-corrected chi connectivity index (χ0v) is 13.5. The number of hydrazine groups is 1. The van der Waals surface area contributed by atoms with Crippen LogP contribution in [0.1, 0.15) is 22.3 Å². The molecule has 0 aliphatic rings. The summed E-state index contributed by atoms with van der Waals surface area (Å²) in [6, 6.07) is 16.9. The molecule has 5 heteroatoms. The molecule has 0 radical (unpaired) electrons. The third-order valence-electron chi connectivity index (χ3n) is 2.89. The number of carbonyl (C=O) groups excluding carboxylic acids is 2. The number of hydrogen-bond acceptors (Lipinski definition) is 2. The first-order valence-electron chi connectivity index (χ1n) is 6.54. The average Bonchev–Trinajstić information content (AvgIpc) is 2.51. The lowest BCUT2D eigenvalue weighted by atomic mass is 10.1. The molecule has 2 amide bonds. The van der Waals surface area contributed by atoms with E-state index in [0.29, 0.717) is 18.4 Å². The number of aryl methyl sites for hydroxylation is 1. The Bertz CT molecular complexity index is 629. The molecule has 0 unspecified atom stereocenters. The van der Waals surface area contributed by atoms with E-state index in [4.69, 9.17) is 0 Å². The van der Waals surface area contributed by atoms with Gasteiger partial charge in [0.15, 0.2) is 0 Å². The summed E-state index contributed by atoms with van der Waals surface area (Å²) >= 11 is 2.13. The van der Waals surface area contributed by atoms with Crippen molar-refractivity contribution in [3.8, 4) is 0 Å². The van der Waals surface area contributed by atoms with E-state index in [1.165, 1.54) is 0 Å². The quantitative estimate of drug-likeness (QED) is 0.619. The monoisotopic (exact) mass is 394 g/mol. The second-order valence-electron chi connectivity index (χ2n) is 4.50. The van der Waals surface area contributed by atoms with Gasteiger partial charge in [-0.05, 0) is 52.8 Å². The summed E-state index contributed by atoms with van der Waals surface area (Å²) in [6.07, 6.45) is 0.975. The van der Waals surface area contributed by atoms with Crippen molar-refractivity contribution in [3.63, 3.8) is 0 Å². The second-order valence-corrected chi connectivity index (χ2v) is 5.74. The van der Waals surface area contributed by atoms with Gasteiger partial charge < -0.3 is 0 Å². The average molecular weight is 394 g/mol. The third kappa shape index (κ3) is 5.18. The van der Waals surface area contributed by atoms with Crippen LogP contribution in [0.15, 0.2) is 54.6 Å². The summed E-state index contributed by atoms with van der Waals surface area (Å²) in [5.74, 6) is -0.528. The van der Waals surface area contributed by atoms with Crippen LogP contribution in [0.25, 0.3) is 0 Å². The van der Waals surface area contributed by atoms with Gasteiger partial charge in [0, 0.05) is 15.6 Å². The first-order chi connectivity index (χ1) is 10.1. The predicted octanol–water partition coefficient (Wildman–Crippen LogP) is 2.69. The molecule has 0 spiro atoms.